The van der Waals surface area contributed by atoms with Crippen LogP contribution in [0, 0.1) is 0 Å². The van der Waals surface area contributed by atoms with Crippen LogP contribution in [0.15, 0.2) is 60.7 Å². The van der Waals surface area contributed by atoms with E-state index in [-0.39, 0.29) is 12.7 Å². The van der Waals surface area contributed by atoms with Crippen LogP contribution in [0.2, 0.25) is 15.1 Å². The minimum absolute atomic E-state index is 0.213. The van der Waals surface area contributed by atoms with Crippen molar-refractivity contribution in [3.05, 3.63) is 86.9 Å². The summed E-state index contributed by atoms with van der Waals surface area (Å²) in [6.45, 7) is 0.542. The summed E-state index contributed by atoms with van der Waals surface area (Å²) in [6.07, 6.45) is -0.0389. The molecule has 1 heterocycles. The Bertz CT molecular complexity index is 1050. The molecule has 1 atom stereocenters. The van der Waals surface area contributed by atoms with Gasteiger partial charge in [0.25, 0.3) is 0 Å². The lowest BCUT2D eigenvalue weighted by Gasteiger charge is -2.15. The van der Waals surface area contributed by atoms with Crippen molar-refractivity contribution < 1.29 is 14.3 Å². The molecule has 7 heteroatoms. The van der Waals surface area contributed by atoms with Crippen molar-refractivity contribution >= 4 is 40.9 Å². The Morgan fingerprint density at radius 3 is 2.50 bits per heavy atom. The number of hydrogen-bond donors (Lipinski definition) is 1. The van der Waals surface area contributed by atoms with Gasteiger partial charge in [-0.2, -0.15) is 0 Å². The van der Waals surface area contributed by atoms with E-state index in [1.54, 1.807) is 12.1 Å². The molecule has 3 aromatic rings. The number of halogens is 3. The van der Waals surface area contributed by atoms with Gasteiger partial charge in [0.2, 0.25) is 0 Å². The zero-order valence-electron chi connectivity index (χ0n) is 15.8. The molecule has 0 fully saturated rings. The molecule has 1 aliphatic rings. The molecule has 1 N–H and O–H groups in total. The van der Waals surface area contributed by atoms with Gasteiger partial charge in [-0.05, 0) is 23.3 Å². The first-order valence-electron chi connectivity index (χ1n) is 9.39. The second kappa shape index (κ2) is 9.17. The minimum Gasteiger partial charge on any atom is -0.487 e. The summed E-state index contributed by atoms with van der Waals surface area (Å²) in [6, 6.07) is 18.7. The summed E-state index contributed by atoms with van der Waals surface area (Å²) in [5.74, 6) is 0.716. The molecule has 4 rings (SSSR count). The van der Waals surface area contributed by atoms with Crippen LogP contribution in [0.1, 0.15) is 11.1 Å². The molecule has 3 aromatic carbocycles. The van der Waals surface area contributed by atoms with Crippen molar-refractivity contribution in [2.45, 2.75) is 19.1 Å². The van der Waals surface area contributed by atoms with Crippen LogP contribution in [0.5, 0.6) is 5.75 Å². The predicted octanol–water partition coefficient (Wildman–Crippen LogP) is 6.54. The maximum Gasteiger partial charge on any atom is 0.407 e. The second-order valence-corrected chi connectivity index (χ2v) is 8.18. The number of rotatable bonds is 5. The van der Waals surface area contributed by atoms with Gasteiger partial charge in [0.05, 0.1) is 16.6 Å². The van der Waals surface area contributed by atoms with E-state index < -0.39 is 6.09 Å². The molecule has 0 bridgehead atoms. The summed E-state index contributed by atoms with van der Waals surface area (Å²) in [7, 11) is 0. The van der Waals surface area contributed by atoms with Crippen LogP contribution in [0.25, 0.3) is 11.1 Å². The van der Waals surface area contributed by atoms with Crippen LogP contribution in [0.3, 0.4) is 0 Å². The van der Waals surface area contributed by atoms with Gasteiger partial charge in [-0.3, -0.25) is 0 Å². The maximum absolute atomic E-state index is 12.0. The molecule has 0 radical (unpaired) electrons. The summed E-state index contributed by atoms with van der Waals surface area (Å²) in [5, 5.41) is 4.14. The number of para-hydroxylation sites is 1. The summed E-state index contributed by atoms with van der Waals surface area (Å²) < 4.78 is 11.4. The Hall–Kier alpha value is -2.40. The van der Waals surface area contributed by atoms with Crippen LogP contribution in [0.4, 0.5) is 4.79 Å². The lowest BCUT2D eigenvalue weighted by Crippen LogP contribution is -2.34. The van der Waals surface area contributed by atoms with Crippen LogP contribution in [-0.2, 0) is 17.8 Å². The Balaban J connectivity index is 1.41. The zero-order valence-corrected chi connectivity index (χ0v) is 18.1. The van der Waals surface area contributed by atoms with E-state index in [4.69, 9.17) is 44.3 Å². The number of carbonyl (C=O) groups excluding carboxylic acids is 1. The van der Waals surface area contributed by atoms with Gasteiger partial charge < -0.3 is 14.8 Å². The molecular formula is C23H18Cl3NO3. The van der Waals surface area contributed by atoms with Gasteiger partial charge in [0.15, 0.2) is 0 Å². The SMILES string of the molecule is O=C(NCC1Cc2cccc(-c3c(Cl)cc(Cl)cc3Cl)c2O1)OCc1ccccc1. The molecule has 0 spiro atoms. The molecule has 0 aromatic heterocycles. The van der Waals surface area contributed by atoms with Gasteiger partial charge in [0.1, 0.15) is 18.5 Å². The van der Waals surface area contributed by atoms with Crippen LogP contribution >= 0.6 is 34.8 Å². The Morgan fingerprint density at radius 1 is 1.03 bits per heavy atom. The highest BCUT2D eigenvalue weighted by Gasteiger charge is 2.27. The smallest absolute Gasteiger partial charge is 0.407 e. The summed E-state index contributed by atoms with van der Waals surface area (Å²) in [4.78, 5) is 12.0. The fraction of sp³-hybridized carbons (Fsp3) is 0.174. The third-order valence-electron chi connectivity index (χ3n) is 4.79. The molecule has 1 aliphatic heterocycles. The highest BCUT2D eigenvalue weighted by molar-refractivity contribution is 6.42. The lowest BCUT2D eigenvalue weighted by molar-refractivity contribution is 0.133. The highest BCUT2D eigenvalue weighted by atomic mass is 35.5. The molecule has 0 aliphatic carbocycles. The number of fused-ring (bicyclic) bond motifs is 1. The van der Waals surface area contributed by atoms with E-state index in [0.29, 0.717) is 39.3 Å². The Morgan fingerprint density at radius 2 is 1.77 bits per heavy atom. The first-order valence-corrected chi connectivity index (χ1v) is 10.5. The molecular weight excluding hydrogens is 445 g/mol. The van der Waals surface area contributed by atoms with Gasteiger partial charge in [-0.15, -0.1) is 0 Å². The first-order chi connectivity index (χ1) is 14.5. The van der Waals surface area contributed by atoms with E-state index in [2.05, 4.69) is 5.32 Å². The third kappa shape index (κ3) is 4.67. The van der Waals surface area contributed by atoms with Gasteiger partial charge in [-0.25, -0.2) is 4.79 Å². The van der Waals surface area contributed by atoms with Crippen molar-refractivity contribution in [2.75, 3.05) is 6.54 Å². The standard InChI is InChI=1S/C23H18Cl3NO3/c24-16-10-19(25)21(20(26)11-16)18-8-4-7-15-9-17(30-22(15)18)12-27-23(28)29-13-14-5-2-1-3-6-14/h1-8,10-11,17H,9,12-13H2,(H,27,28). The third-order valence-corrected chi connectivity index (χ3v) is 5.61. The van der Waals surface area contributed by atoms with E-state index in [9.17, 15) is 4.79 Å². The van der Waals surface area contributed by atoms with E-state index >= 15 is 0 Å². The van der Waals surface area contributed by atoms with E-state index in [0.717, 1.165) is 16.7 Å². The molecule has 154 valence electrons. The number of alkyl carbamates (subject to hydrolysis) is 1. The number of carbonyl (C=O) groups is 1. The van der Waals surface area contributed by atoms with Crippen molar-refractivity contribution in [1.82, 2.24) is 5.32 Å². The minimum atomic E-state index is -0.484. The summed E-state index contributed by atoms with van der Waals surface area (Å²) >= 11 is 18.8. The second-order valence-electron chi connectivity index (χ2n) is 6.92. The topological polar surface area (TPSA) is 47.6 Å². The zero-order chi connectivity index (χ0) is 21.1. The summed E-state index contributed by atoms with van der Waals surface area (Å²) in [5.41, 5.74) is 3.43. The van der Waals surface area contributed by atoms with E-state index in [1.165, 1.54) is 0 Å². The van der Waals surface area contributed by atoms with Crippen molar-refractivity contribution in [1.29, 1.82) is 0 Å². The number of amides is 1. The van der Waals surface area contributed by atoms with Crippen LogP contribution in [-0.4, -0.2) is 18.7 Å². The molecule has 1 amide bonds. The monoisotopic (exact) mass is 461 g/mol. The number of ether oxygens (including phenoxy) is 2. The average Bonchev–Trinajstić information content (AvgIpc) is 3.15. The largest absolute Gasteiger partial charge is 0.487 e. The van der Waals surface area contributed by atoms with Gasteiger partial charge >= 0.3 is 6.09 Å². The van der Waals surface area contributed by atoms with Gasteiger partial charge in [-0.1, -0.05) is 83.3 Å². The molecule has 4 nitrogen and oxygen atoms in total. The molecule has 0 saturated carbocycles. The van der Waals surface area contributed by atoms with E-state index in [1.807, 2.05) is 48.5 Å². The fourth-order valence-electron chi connectivity index (χ4n) is 3.42. The Kier molecular flexibility index (Phi) is 6.38. The fourth-order valence-corrected chi connectivity index (χ4v) is 4.44. The number of nitrogens with one attached hydrogen (secondary N) is 1. The predicted molar refractivity (Wildman–Crippen MR) is 120 cm³/mol. The molecule has 1 unspecified atom stereocenters. The number of hydrogen-bond acceptors (Lipinski definition) is 3. The van der Waals surface area contributed by atoms with Crippen LogP contribution < -0.4 is 10.1 Å². The quantitative estimate of drug-likeness (QED) is 0.468. The average molecular weight is 463 g/mol. The van der Waals surface area contributed by atoms with Gasteiger partial charge in [0, 0.05) is 22.6 Å². The first kappa shape index (κ1) is 20.9. The maximum atomic E-state index is 12.0. The molecule has 30 heavy (non-hydrogen) atoms. The molecule has 0 saturated heterocycles. The number of benzene rings is 3. The lowest BCUT2D eigenvalue weighted by atomic mass is 10.0. The van der Waals surface area contributed by atoms with Crippen molar-refractivity contribution in [3.63, 3.8) is 0 Å². The normalized spacial score (nSPS) is 14.7. The highest BCUT2D eigenvalue weighted by Crippen LogP contribution is 2.45. The Labute approximate surface area is 189 Å². The van der Waals surface area contributed by atoms with Crippen molar-refractivity contribution in [2.24, 2.45) is 0 Å². The van der Waals surface area contributed by atoms with Crippen molar-refractivity contribution in [3.8, 4) is 16.9 Å².